The van der Waals surface area contributed by atoms with Crippen molar-refractivity contribution in [3.05, 3.63) is 0 Å². The first kappa shape index (κ1) is 25.9. The monoisotopic (exact) mass is 477 g/mol. The lowest BCUT2D eigenvalue weighted by Gasteiger charge is -2.64. The number of aliphatic carboxylic acids is 1. The summed E-state index contributed by atoms with van der Waals surface area (Å²) in [5, 5.41) is 24.2. The molecule has 5 N–H and O–H groups in total. The van der Waals surface area contributed by atoms with E-state index in [4.69, 9.17) is 10.4 Å². The normalized spacial score (nSPS) is 37.9. The minimum atomic E-state index is -1.11. The highest BCUT2D eigenvalue weighted by Crippen LogP contribution is 2.63. The van der Waals surface area contributed by atoms with Crippen molar-refractivity contribution in [3.63, 3.8) is 0 Å². The molecule has 5 rings (SSSR count). The van der Waals surface area contributed by atoms with E-state index in [0.717, 1.165) is 38.0 Å². The van der Waals surface area contributed by atoms with E-state index in [9.17, 15) is 19.7 Å². The number of carbonyl (C=O) groups excluding carboxylic acids is 1. The molecule has 2 saturated heterocycles. The van der Waals surface area contributed by atoms with Crippen LogP contribution in [0.5, 0.6) is 0 Å². The van der Waals surface area contributed by atoms with Gasteiger partial charge in [0.25, 0.3) is 0 Å². The van der Waals surface area contributed by atoms with Crippen LogP contribution in [0, 0.1) is 22.7 Å². The molecule has 5 atom stereocenters. The van der Waals surface area contributed by atoms with Crippen molar-refractivity contribution in [2.75, 3.05) is 26.2 Å². The van der Waals surface area contributed by atoms with Gasteiger partial charge in [-0.25, -0.2) is 0 Å². The molecule has 0 radical (unpaired) electrons. The fraction of sp³-hybridized carbons (Fsp3) is 0.920. The van der Waals surface area contributed by atoms with Gasteiger partial charge in [-0.15, -0.1) is 0 Å². The maximum absolute atomic E-state index is 12.8. The number of hydrogen-bond donors (Lipinski definition) is 4. The van der Waals surface area contributed by atoms with Crippen LogP contribution in [-0.2, 0) is 14.2 Å². The van der Waals surface area contributed by atoms with Gasteiger partial charge in [-0.3, -0.25) is 14.9 Å². The Balaban J connectivity index is 1.36. The Morgan fingerprint density at radius 1 is 1.18 bits per heavy atom. The summed E-state index contributed by atoms with van der Waals surface area (Å²) < 4.78 is 6.27. The Bertz CT molecular complexity index is 795. The first-order chi connectivity index (χ1) is 16.0. The van der Waals surface area contributed by atoms with Gasteiger partial charge < -0.3 is 25.4 Å². The molecule has 0 aromatic carbocycles. The Labute approximate surface area is 204 Å². The molecule has 9 heteroatoms. The van der Waals surface area contributed by atoms with E-state index in [1.807, 2.05) is 0 Å². The van der Waals surface area contributed by atoms with E-state index in [1.165, 1.54) is 6.42 Å². The molecular formula is C25H44BN3O5. The highest BCUT2D eigenvalue weighted by atomic mass is 16.5. The molecule has 0 spiro atoms. The molecule has 1 amide bonds. The summed E-state index contributed by atoms with van der Waals surface area (Å²) >= 11 is 0. The minimum Gasteiger partial charge on any atom is -0.480 e. The largest absolute Gasteiger partial charge is 0.480 e. The van der Waals surface area contributed by atoms with Gasteiger partial charge in [0.1, 0.15) is 5.54 Å². The summed E-state index contributed by atoms with van der Waals surface area (Å²) in [7, 11) is -0.849. The molecule has 0 unspecified atom stereocenters. The highest BCUT2D eigenvalue weighted by molar-refractivity contribution is 6.42. The van der Waals surface area contributed by atoms with Gasteiger partial charge in [0.2, 0.25) is 5.91 Å². The molecular weight excluding hydrogens is 433 g/mol. The number of nitrogens with zero attached hydrogens (tertiary/aromatic N) is 1. The molecule has 0 aromatic heterocycles. The number of likely N-dealkylation sites (tertiary alicyclic amines) is 1. The van der Waals surface area contributed by atoms with Gasteiger partial charge >= 0.3 is 13.1 Å². The standard InChI is InChI=1S/C25H44BN3O5/c1-22(2)18-8-10-23(3,19(22)15-18)34-26(33)12-6-9-24-11-14-28-25(24,21(31)32)17-29(16-24)20(30)7-4-5-13-27/h18-19,28,33H,4-17,27H2,1-3H3,(H,31,32)/t18-,19+,23-,24+,25+/m0/s1. The van der Waals surface area contributed by atoms with Crippen molar-refractivity contribution in [2.24, 2.45) is 28.4 Å². The molecule has 2 aliphatic heterocycles. The van der Waals surface area contributed by atoms with Crippen LogP contribution in [0.15, 0.2) is 0 Å². The summed E-state index contributed by atoms with van der Waals surface area (Å²) in [5.74, 6) is 0.377. The molecule has 5 fully saturated rings. The number of nitrogens with two attached hydrogens (primary N) is 1. The Morgan fingerprint density at radius 2 is 1.94 bits per heavy atom. The van der Waals surface area contributed by atoms with Crippen LogP contribution in [-0.4, -0.2) is 71.3 Å². The summed E-state index contributed by atoms with van der Waals surface area (Å²) in [4.78, 5) is 27.0. The van der Waals surface area contributed by atoms with Gasteiger partial charge in [0.05, 0.1) is 12.1 Å². The lowest BCUT2D eigenvalue weighted by molar-refractivity contribution is -0.186. The molecule has 2 bridgehead atoms. The van der Waals surface area contributed by atoms with Gasteiger partial charge in [0, 0.05) is 18.4 Å². The molecule has 2 heterocycles. The van der Waals surface area contributed by atoms with Crippen molar-refractivity contribution >= 4 is 19.0 Å². The average Bonchev–Trinajstić information content (AvgIpc) is 3.27. The summed E-state index contributed by atoms with van der Waals surface area (Å²) in [6, 6.07) is 0. The van der Waals surface area contributed by atoms with Gasteiger partial charge in [-0.2, -0.15) is 0 Å². The molecule has 34 heavy (non-hydrogen) atoms. The van der Waals surface area contributed by atoms with Crippen molar-refractivity contribution in [3.8, 4) is 0 Å². The maximum Gasteiger partial charge on any atom is 0.454 e. The minimum absolute atomic E-state index is 0.0136. The van der Waals surface area contributed by atoms with Gasteiger partial charge in [-0.1, -0.05) is 20.3 Å². The predicted octanol–water partition coefficient (Wildman–Crippen LogP) is 2.25. The van der Waals surface area contributed by atoms with Crippen molar-refractivity contribution in [1.29, 1.82) is 0 Å². The fourth-order valence-corrected chi connectivity index (χ4v) is 7.91. The molecule has 192 valence electrons. The Hall–Kier alpha value is -1.16. The molecule has 8 nitrogen and oxygen atoms in total. The first-order valence-corrected chi connectivity index (χ1v) is 13.3. The van der Waals surface area contributed by atoms with E-state index in [2.05, 4.69) is 26.1 Å². The van der Waals surface area contributed by atoms with Gasteiger partial charge in [0.15, 0.2) is 0 Å². The predicted molar refractivity (Wildman–Crippen MR) is 131 cm³/mol. The third kappa shape index (κ3) is 4.20. The van der Waals surface area contributed by atoms with Crippen molar-refractivity contribution in [2.45, 2.75) is 96.0 Å². The van der Waals surface area contributed by atoms with Crippen LogP contribution < -0.4 is 11.1 Å². The average molecular weight is 477 g/mol. The van der Waals surface area contributed by atoms with Gasteiger partial charge in [-0.05, 0) is 88.5 Å². The van der Waals surface area contributed by atoms with E-state index < -0.39 is 24.0 Å². The zero-order chi connectivity index (χ0) is 24.8. The molecule has 5 aliphatic rings. The van der Waals surface area contributed by atoms with Crippen LogP contribution in [0.2, 0.25) is 6.32 Å². The summed E-state index contributed by atoms with van der Waals surface area (Å²) in [6.45, 7) is 8.65. The quantitative estimate of drug-likeness (QED) is 0.266. The number of fused-ring (bicyclic) bond motifs is 3. The number of carbonyl (C=O) groups is 2. The second kappa shape index (κ2) is 9.38. The number of carboxylic acid groups (broad SMARTS) is 1. The highest BCUT2D eigenvalue weighted by Gasteiger charge is 2.65. The van der Waals surface area contributed by atoms with Crippen LogP contribution in [0.3, 0.4) is 0 Å². The van der Waals surface area contributed by atoms with Crippen LogP contribution in [0.4, 0.5) is 0 Å². The first-order valence-electron chi connectivity index (χ1n) is 13.3. The molecule has 3 aliphatic carbocycles. The van der Waals surface area contributed by atoms with Crippen LogP contribution in [0.25, 0.3) is 0 Å². The topological polar surface area (TPSA) is 125 Å². The second-order valence-corrected chi connectivity index (χ2v) is 12.3. The number of carboxylic acids is 1. The smallest absolute Gasteiger partial charge is 0.454 e. The lowest BCUT2D eigenvalue weighted by atomic mass is 9.44. The third-order valence-electron chi connectivity index (χ3n) is 10.1. The summed E-state index contributed by atoms with van der Waals surface area (Å²) in [5.41, 5.74) is 3.90. The third-order valence-corrected chi connectivity index (χ3v) is 10.1. The van der Waals surface area contributed by atoms with Crippen molar-refractivity contribution < 1.29 is 24.4 Å². The number of unbranched alkanes of at least 4 members (excludes halogenated alkanes) is 1. The Morgan fingerprint density at radius 3 is 2.59 bits per heavy atom. The van der Waals surface area contributed by atoms with Crippen LogP contribution >= 0.6 is 0 Å². The van der Waals surface area contributed by atoms with Crippen LogP contribution in [0.1, 0.15) is 78.6 Å². The maximum atomic E-state index is 12.8. The molecule has 3 saturated carbocycles. The van der Waals surface area contributed by atoms with E-state index in [-0.39, 0.29) is 23.5 Å². The van der Waals surface area contributed by atoms with E-state index in [1.54, 1.807) is 4.90 Å². The number of hydrogen-bond acceptors (Lipinski definition) is 6. The molecule has 0 aromatic rings. The summed E-state index contributed by atoms with van der Waals surface area (Å²) in [6.07, 6.45) is 7.76. The number of amides is 1. The van der Waals surface area contributed by atoms with E-state index in [0.29, 0.717) is 51.1 Å². The zero-order valence-corrected chi connectivity index (χ0v) is 21.3. The van der Waals surface area contributed by atoms with Crippen molar-refractivity contribution in [1.82, 2.24) is 10.2 Å². The lowest BCUT2D eigenvalue weighted by Crippen LogP contribution is -2.62. The SMILES string of the molecule is CC1(C)[C@H]2CC[C@](C)(OB(O)CCC[C@]34CCN[C@@]3(C(=O)O)CN(C(=O)CCCCN)C4)[C@@H]1C2. The Kier molecular flexibility index (Phi) is 7.15. The second-order valence-electron chi connectivity index (χ2n) is 12.3. The number of nitrogens with one attached hydrogen (secondary N) is 1. The fourth-order valence-electron chi connectivity index (χ4n) is 7.91. The van der Waals surface area contributed by atoms with E-state index >= 15 is 0 Å². The number of rotatable bonds is 11. The zero-order valence-electron chi connectivity index (χ0n) is 21.3.